The molecule has 76 valence electrons. The second kappa shape index (κ2) is 2.56. The number of anilines is 1. The number of aromatic amines is 1. The number of H-pyrrole nitrogens is 1. The van der Waals surface area contributed by atoms with Crippen LogP contribution in [-0.2, 0) is 12.8 Å². The van der Waals surface area contributed by atoms with Gasteiger partial charge >= 0.3 is 0 Å². The predicted octanol–water partition coefficient (Wildman–Crippen LogP) is -0.545. The van der Waals surface area contributed by atoms with E-state index < -0.39 is 5.91 Å². The number of rotatable bonds is 0. The zero-order chi connectivity index (χ0) is 10.6. The van der Waals surface area contributed by atoms with Crippen molar-refractivity contribution in [2.45, 2.75) is 19.3 Å². The predicted molar refractivity (Wildman–Crippen MR) is 51.2 cm³/mol. The third-order valence-electron chi connectivity index (χ3n) is 3.01. The molecule has 1 aromatic rings. The number of amides is 2. The molecule has 0 bridgehead atoms. The Kier molecular flexibility index (Phi) is 1.44. The molecule has 0 saturated carbocycles. The average molecular weight is 204 g/mol. The number of nitrogens with two attached hydrogens (primary N) is 1. The van der Waals surface area contributed by atoms with E-state index in [4.69, 9.17) is 5.73 Å². The van der Waals surface area contributed by atoms with Crippen molar-refractivity contribution in [3.05, 3.63) is 22.4 Å². The van der Waals surface area contributed by atoms with Crippen LogP contribution in [0.3, 0.4) is 0 Å². The Bertz CT molecular complexity index is 508. The number of carbonyl (C=O) groups is 2. The van der Waals surface area contributed by atoms with Gasteiger partial charge in [0.25, 0.3) is 17.6 Å². The summed E-state index contributed by atoms with van der Waals surface area (Å²) in [5.41, 5.74) is 8.50. The summed E-state index contributed by atoms with van der Waals surface area (Å²) in [5, 5.41) is 2.27. The Labute approximate surface area is 85.7 Å². The lowest BCUT2D eigenvalue weighted by Gasteiger charge is -2.01. The summed E-state index contributed by atoms with van der Waals surface area (Å²) < 4.78 is 0. The van der Waals surface area contributed by atoms with E-state index in [1.165, 1.54) is 0 Å². The fourth-order valence-corrected chi connectivity index (χ4v) is 2.38. The normalized spacial score (nSPS) is 17.6. The van der Waals surface area contributed by atoms with Crippen LogP contribution in [0.1, 0.15) is 38.4 Å². The van der Waals surface area contributed by atoms with Crippen LogP contribution >= 0.6 is 0 Å². The highest BCUT2D eigenvalue weighted by Gasteiger charge is 2.37. The molecule has 0 radical (unpaired) electrons. The molecule has 5 heteroatoms. The van der Waals surface area contributed by atoms with Gasteiger partial charge in [-0.25, -0.2) is 4.98 Å². The summed E-state index contributed by atoms with van der Waals surface area (Å²) in [4.78, 5) is 26.1. The summed E-state index contributed by atoms with van der Waals surface area (Å²) in [6.45, 7) is 0. The molecule has 1 aromatic heterocycles. The van der Waals surface area contributed by atoms with Crippen molar-refractivity contribution in [2.24, 2.45) is 0 Å². The van der Waals surface area contributed by atoms with Crippen molar-refractivity contribution in [1.82, 2.24) is 5.32 Å². The van der Waals surface area contributed by atoms with E-state index in [2.05, 4.69) is 10.3 Å². The number of nitrogen functional groups attached to an aromatic ring is 1. The lowest BCUT2D eigenvalue weighted by molar-refractivity contribution is -0.372. The van der Waals surface area contributed by atoms with Crippen molar-refractivity contribution in [3.63, 3.8) is 0 Å². The third-order valence-corrected chi connectivity index (χ3v) is 3.01. The van der Waals surface area contributed by atoms with Crippen molar-refractivity contribution >= 4 is 17.6 Å². The Morgan fingerprint density at radius 1 is 1.13 bits per heavy atom. The molecule has 2 heterocycles. The van der Waals surface area contributed by atoms with Gasteiger partial charge in [0.1, 0.15) is 11.3 Å². The minimum absolute atomic E-state index is 0.300. The first-order valence-electron chi connectivity index (χ1n) is 4.90. The van der Waals surface area contributed by atoms with Gasteiger partial charge in [0.2, 0.25) is 0 Å². The number of imide groups is 1. The van der Waals surface area contributed by atoms with Crippen molar-refractivity contribution in [2.75, 3.05) is 5.73 Å². The maximum Gasteiger partial charge on any atom is 0.284 e. The quantitative estimate of drug-likeness (QED) is 0.556. The standard InChI is InChI=1S/C10H9N3O2/c11-8-7-6(9(14)13-10(7)15)4-2-1-3-5(4)12-8/h1-3H2,(H2,11,12)(H,13,14,15)/p+1. The van der Waals surface area contributed by atoms with Crippen LogP contribution in [0.4, 0.5) is 5.82 Å². The van der Waals surface area contributed by atoms with E-state index in [9.17, 15) is 9.59 Å². The zero-order valence-corrected chi connectivity index (χ0v) is 8.02. The number of fused-ring (bicyclic) bond motifs is 3. The lowest BCUT2D eigenvalue weighted by atomic mass is 10.0. The smallest absolute Gasteiger partial charge is 0.284 e. The number of hydrogen-bond donors (Lipinski definition) is 2. The van der Waals surface area contributed by atoms with E-state index in [0.29, 0.717) is 16.9 Å². The number of aromatic nitrogens is 1. The van der Waals surface area contributed by atoms with E-state index in [-0.39, 0.29) is 5.91 Å². The third kappa shape index (κ3) is 0.945. The van der Waals surface area contributed by atoms with Gasteiger partial charge in [0.05, 0.1) is 5.56 Å². The maximum atomic E-state index is 11.6. The second-order valence-corrected chi connectivity index (χ2v) is 3.88. The Morgan fingerprint density at radius 2 is 1.87 bits per heavy atom. The van der Waals surface area contributed by atoms with Crippen LogP contribution in [0.5, 0.6) is 0 Å². The zero-order valence-electron chi connectivity index (χ0n) is 8.02. The minimum Gasteiger partial charge on any atom is -0.288 e. The fraction of sp³-hybridized carbons (Fsp3) is 0.300. The van der Waals surface area contributed by atoms with E-state index in [1.807, 2.05) is 0 Å². The van der Waals surface area contributed by atoms with E-state index >= 15 is 0 Å². The van der Waals surface area contributed by atoms with Gasteiger partial charge < -0.3 is 0 Å². The molecule has 5 nitrogen and oxygen atoms in total. The number of pyridine rings is 1. The van der Waals surface area contributed by atoms with Gasteiger partial charge in [-0.3, -0.25) is 20.6 Å². The summed E-state index contributed by atoms with van der Waals surface area (Å²) in [5.74, 6) is -0.402. The SMILES string of the molecule is Nc1[nH+]c2c(c3c1C(=O)NC3=O)CCC2. The molecule has 1 aliphatic carbocycles. The number of aryl methyl sites for hydroxylation is 1. The van der Waals surface area contributed by atoms with Crippen LogP contribution in [0, 0.1) is 0 Å². The highest BCUT2D eigenvalue weighted by Crippen LogP contribution is 2.29. The average Bonchev–Trinajstić information content (AvgIpc) is 2.71. The number of hydrogen-bond acceptors (Lipinski definition) is 3. The van der Waals surface area contributed by atoms with Gasteiger partial charge in [0.15, 0.2) is 0 Å². The van der Waals surface area contributed by atoms with Crippen molar-refractivity contribution in [3.8, 4) is 0 Å². The molecule has 15 heavy (non-hydrogen) atoms. The van der Waals surface area contributed by atoms with Gasteiger partial charge in [-0.2, -0.15) is 0 Å². The molecule has 1 aliphatic heterocycles. The monoisotopic (exact) mass is 204 g/mol. The molecule has 0 saturated heterocycles. The van der Waals surface area contributed by atoms with Crippen LogP contribution in [0.25, 0.3) is 0 Å². The first-order chi connectivity index (χ1) is 7.18. The summed E-state index contributed by atoms with van der Waals surface area (Å²) in [6, 6.07) is 0. The Hall–Kier alpha value is -1.91. The number of nitrogens with one attached hydrogen (secondary N) is 2. The molecule has 4 N–H and O–H groups in total. The molecular weight excluding hydrogens is 194 g/mol. The molecule has 0 unspecified atom stereocenters. The van der Waals surface area contributed by atoms with E-state index in [1.54, 1.807) is 0 Å². The van der Waals surface area contributed by atoms with Crippen LogP contribution in [-0.4, -0.2) is 11.8 Å². The summed E-state index contributed by atoms with van der Waals surface area (Å²) >= 11 is 0. The minimum atomic E-state index is -0.390. The van der Waals surface area contributed by atoms with Crippen molar-refractivity contribution < 1.29 is 14.6 Å². The van der Waals surface area contributed by atoms with Crippen molar-refractivity contribution in [1.29, 1.82) is 0 Å². The van der Waals surface area contributed by atoms with E-state index in [0.717, 1.165) is 30.5 Å². The molecular formula is C10H10N3O2+. The summed E-state index contributed by atoms with van der Waals surface area (Å²) in [6.07, 6.45) is 2.74. The highest BCUT2D eigenvalue weighted by molar-refractivity contribution is 6.23. The second-order valence-electron chi connectivity index (χ2n) is 3.88. The van der Waals surface area contributed by atoms with Crippen LogP contribution in [0.15, 0.2) is 0 Å². The topological polar surface area (TPSA) is 86.3 Å². The molecule has 0 spiro atoms. The fourth-order valence-electron chi connectivity index (χ4n) is 2.38. The van der Waals surface area contributed by atoms with Gasteiger partial charge in [-0.1, -0.05) is 0 Å². The van der Waals surface area contributed by atoms with Gasteiger partial charge in [0, 0.05) is 12.0 Å². The molecule has 0 atom stereocenters. The molecule has 3 rings (SSSR count). The molecule has 2 aliphatic rings. The van der Waals surface area contributed by atoms with Crippen LogP contribution in [0.2, 0.25) is 0 Å². The largest absolute Gasteiger partial charge is 0.288 e. The maximum absolute atomic E-state index is 11.6. The number of carbonyl (C=O) groups excluding carboxylic acids is 2. The van der Waals surface area contributed by atoms with Gasteiger partial charge in [-0.05, 0) is 12.8 Å². The lowest BCUT2D eigenvalue weighted by Crippen LogP contribution is -2.22. The molecule has 0 fully saturated rings. The molecule has 2 amide bonds. The highest BCUT2D eigenvalue weighted by atomic mass is 16.2. The summed E-state index contributed by atoms with van der Waals surface area (Å²) in [7, 11) is 0. The van der Waals surface area contributed by atoms with Gasteiger partial charge in [-0.15, -0.1) is 0 Å². The first-order valence-corrected chi connectivity index (χ1v) is 4.90. The molecule has 0 aromatic carbocycles. The Morgan fingerprint density at radius 3 is 2.67 bits per heavy atom. The first kappa shape index (κ1) is 8.40. The Balaban J connectivity index is 2.38. The van der Waals surface area contributed by atoms with Crippen LogP contribution < -0.4 is 16.0 Å².